The van der Waals surface area contributed by atoms with Crippen molar-refractivity contribution in [2.75, 3.05) is 12.4 Å². The van der Waals surface area contributed by atoms with Crippen LogP contribution in [-0.2, 0) is 0 Å². The number of nitrogens with one attached hydrogen (secondary N) is 1. The molecule has 0 radical (unpaired) electrons. The van der Waals surface area contributed by atoms with Gasteiger partial charge in [0.15, 0.2) is 0 Å². The fourth-order valence-electron chi connectivity index (χ4n) is 2.16. The zero-order valence-electron chi connectivity index (χ0n) is 9.56. The summed E-state index contributed by atoms with van der Waals surface area (Å²) in [5, 5.41) is 3.69. The van der Waals surface area contributed by atoms with E-state index in [2.05, 4.69) is 19.2 Å². The van der Waals surface area contributed by atoms with Crippen LogP contribution < -0.4 is 5.32 Å². The van der Waals surface area contributed by atoms with Crippen LogP contribution in [0.4, 0.5) is 0 Å². The summed E-state index contributed by atoms with van der Waals surface area (Å²) in [6, 6.07) is 0.690. The van der Waals surface area contributed by atoms with E-state index in [1.807, 2.05) is 0 Å². The van der Waals surface area contributed by atoms with Gasteiger partial charge in [-0.05, 0) is 31.2 Å². The summed E-state index contributed by atoms with van der Waals surface area (Å²) in [6.07, 6.45) is 6.67. The van der Waals surface area contributed by atoms with Crippen LogP contribution in [0.2, 0.25) is 0 Å². The monoisotopic (exact) mass is 217 g/mol. The molecule has 0 saturated heterocycles. The maximum atomic E-state index is 5.98. The second kappa shape index (κ2) is 6.68. The molecule has 1 aliphatic rings. The van der Waals surface area contributed by atoms with Gasteiger partial charge in [-0.2, -0.15) is 0 Å². The average Bonchev–Trinajstić information content (AvgIpc) is 2.26. The van der Waals surface area contributed by atoms with Crippen LogP contribution in [0, 0.1) is 11.8 Å². The Balaban J connectivity index is 2.26. The SMILES string of the molecule is CCC(C)CNC1CCCCC1CCl. The van der Waals surface area contributed by atoms with Crippen LogP contribution in [0.25, 0.3) is 0 Å². The Morgan fingerprint density at radius 1 is 1.36 bits per heavy atom. The van der Waals surface area contributed by atoms with E-state index in [4.69, 9.17) is 11.6 Å². The number of alkyl halides is 1. The van der Waals surface area contributed by atoms with Crippen LogP contribution in [0.15, 0.2) is 0 Å². The third kappa shape index (κ3) is 3.78. The van der Waals surface area contributed by atoms with Gasteiger partial charge >= 0.3 is 0 Å². The van der Waals surface area contributed by atoms with Gasteiger partial charge in [-0.1, -0.05) is 33.1 Å². The Morgan fingerprint density at radius 2 is 2.07 bits per heavy atom. The standard InChI is InChI=1S/C12H24ClN/c1-3-10(2)9-14-12-7-5-4-6-11(12)8-13/h10-12,14H,3-9H2,1-2H3. The average molecular weight is 218 g/mol. The molecule has 3 atom stereocenters. The normalized spacial score (nSPS) is 30.2. The summed E-state index contributed by atoms with van der Waals surface area (Å²) in [5.41, 5.74) is 0. The fourth-order valence-corrected chi connectivity index (χ4v) is 2.53. The number of rotatable bonds is 5. The molecule has 1 rings (SSSR count). The van der Waals surface area contributed by atoms with E-state index in [0.29, 0.717) is 6.04 Å². The Kier molecular flexibility index (Phi) is 5.88. The molecule has 0 aromatic carbocycles. The lowest BCUT2D eigenvalue weighted by molar-refractivity contribution is 0.272. The van der Waals surface area contributed by atoms with Crippen molar-refractivity contribution in [3.05, 3.63) is 0 Å². The van der Waals surface area contributed by atoms with Gasteiger partial charge in [-0.3, -0.25) is 0 Å². The molecule has 0 aliphatic heterocycles. The van der Waals surface area contributed by atoms with Gasteiger partial charge in [-0.25, -0.2) is 0 Å². The van der Waals surface area contributed by atoms with Crippen molar-refractivity contribution >= 4 is 11.6 Å². The van der Waals surface area contributed by atoms with Gasteiger partial charge in [0.1, 0.15) is 0 Å². The molecule has 84 valence electrons. The van der Waals surface area contributed by atoms with Crippen molar-refractivity contribution in [2.24, 2.45) is 11.8 Å². The van der Waals surface area contributed by atoms with Gasteiger partial charge in [0.2, 0.25) is 0 Å². The molecule has 1 fully saturated rings. The molecule has 0 amide bonds. The third-order valence-electron chi connectivity index (χ3n) is 3.53. The van der Waals surface area contributed by atoms with Crippen LogP contribution >= 0.6 is 11.6 Å². The first-order valence-electron chi connectivity index (χ1n) is 6.07. The van der Waals surface area contributed by atoms with Crippen molar-refractivity contribution in [2.45, 2.75) is 52.0 Å². The lowest BCUT2D eigenvalue weighted by Gasteiger charge is -2.31. The van der Waals surface area contributed by atoms with Crippen LogP contribution in [0.3, 0.4) is 0 Å². The molecule has 1 aliphatic carbocycles. The minimum Gasteiger partial charge on any atom is -0.313 e. The lowest BCUT2D eigenvalue weighted by atomic mass is 9.85. The van der Waals surface area contributed by atoms with Gasteiger partial charge < -0.3 is 5.32 Å². The van der Waals surface area contributed by atoms with Gasteiger partial charge in [0.25, 0.3) is 0 Å². The smallest absolute Gasteiger partial charge is 0.0266 e. The first-order chi connectivity index (χ1) is 6.77. The van der Waals surface area contributed by atoms with Crippen LogP contribution in [0.1, 0.15) is 46.0 Å². The molecule has 1 nitrogen and oxygen atoms in total. The Hall–Kier alpha value is 0.250. The Morgan fingerprint density at radius 3 is 2.71 bits per heavy atom. The van der Waals surface area contributed by atoms with Crippen molar-refractivity contribution in [1.29, 1.82) is 0 Å². The zero-order chi connectivity index (χ0) is 10.4. The maximum absolute atomic E-state index is 5.98. The molecular formula is C12H24ClN. The Bertz CT molecular complexity index is 149. The highest BCUT2D eigenvalue weighted by molar-refractivity contribution is 6.18. The summed E-state index contributed by atoms with van der Waals surface area (Å²) >= 11 is 5.98. The predicted molar refractivity (Wildman–Crippen MR) is 63.9 cm³/mol. The summed E-state index contributed by atoms with van der Waals surface area (Å²) in [5.74, 6) is 2.35. The highest BCUT2D eigenvalue weighted by Crippen LogP contribution is 2.25. The molecule has 14 heavy (non-hydrogen) atoms. The van der Waals surface area contributed by atoms with E-state index in [1.54, 1.807) is 0 Å². The van der Waals surface area contributed by atoms with E-state index < -0.39 is 0 Å². The van der Waals surface area contributed by atoms with Gasteiger partial charge in [-0.15, -0.1) is 11.6 Å². The fraction of sp³-hybridized carbons (Fsp3) is 1.00. The minimum atomic E-state index is 0.690. The second-order valence-electron chi connectivity index (χ2n) is 4.73. The van der Waals surface area contributed by atoms with Crippen LogP contribution in [-0.4, -0.2) is 18.5 Å². The van der Waals surface area contributed by atoms with Crippen molar-refractivity contribution < 1.29 is 0 Å². The van der Waals surface area contributed by atoms with E-state index in [1.165, 1.54) is 32.1 Å². The zero-order valence-corrected chi connectivity index (χ0v) is 10.3. The molecule has 0 bridgehead atoms. The summed E-state index contributed by atoms with van der Waals surface area (Å²) in [7, 11) is 0. The number of hydrogen-bond donors (Lipinski definition) is 1. The molecule has 1 saturated carbocycles. The molecule has 1 N–H and O–H groups in total. The molecule has 0 spiro atoms. The lowest BCUT2D eigenvalue weighted by Crippen LogP contribution is -2.41. The first-order valence-corrected chi connectivity index (χ1v) is 6.60. The van der Waals surface area contributed by atoms with Crippen molar-refractivity contribution in [3.8, 4) is 0 Å². The predicted octanol–water partition coefficient (Wildman–Crippen LogP) is 3.42. The van der Waals surface area contributed by atoms with E-state index in [9.17, 15) is 0 Å². The number of halogens is 1. The molecule has 0 heterocycles. The quantitative estimate of drug-likeness (QED) is 0.696. The van der Waals surface area contributed by atoms with Gasteiger partial charge in [0.05, 0.1) is 0 Å². The van der Waals surface area contributed by atoms with Gasteiger partial charge in [0, 0.05) is 11.9 Å². The van der Waals surface area contributed by atoms with E-state index in [-0.39, 0.29) is 0 Å². The Labute approximate surface area is 93.6 Å². The first kappa shape index (κ1) is 12.3. The highest BCUT2D eigenvalue weighted by Gasteiger charge is 2.23. The highest BCUT2D eigenvalue weighted by atomic mass is 35.5. The van der Waals surface area contributed by atoms with Crippen molar-refractivity contribution in [1.82, 2.24) is 5.32 Å². The summed E-state index contributed by atoms with van der Waals surface area (Å²) in [4.78, 5) is 0. The molecule has 0 aromatic heterocycles. The molecular weight excluding hydrogens is 194 g/mol. The topological polar surface area (TPSA) is 12.0 Å². The van der Waals surface area contributed by atoms with Crippen LogP contribution in [0.5, 0.6) is 0 Å². The minimum absolute atomic E-state index is 0.690. The largest absolute Gasteiger partial charge is 0.313 e. The van der Waals surface area contributed by atoms with E-state index in [0.717, 1.165) is 24.3 Å². The van der Waals surface area contributed by atoms with Crippen molar-refractivity contribution in [3.63, 3.8) is 0 Å². The van der Waals surface area contributed by atoms with E-state index >= 15 is 0 Å². The third-order valence-corrected chi connectivity index (χ3v) is 3.93. The second-order valence-corrected chi connectivity index (χ2v) is 5.04. The molecule has 0 aromatic rings. The molecule has 3 unspecified atom stereocenters. The summed E-state index contributed by atoms with van der Waals surface area (Å²) < 4.78 is 0. The molecule has 2 heteroatoms. The maximum Gasteiger partial charge on any atom is 0.0266 e. The summed E-state index contributed by atoms with van der Waals surface area (Å²) in [6.45, 7) is 5.73. The number of hydrogen-bond acceptors (Lipinski definition) is 1.